The Labute approximate surface area is 122 Å². The number of halogens is 2. The molecule has 0 atom stereocenters. The summed E-state index contributed by atoms with van der Waals surface area (Å²) in [6.07, 6.45) is 6.64. The van der Waals surface area contributed by atoms with Gasteiger partial charge in [0.2, 0.25) is 0 Å². The molecule has 5 heteroatoms. The van der Waals surface area contributed by atoms with Crippen molar-refractivity contribution >= 4 is 5.82 Å². The number of nitrogen functional groups attached to an aromatic ring is 1. The Kier molecular flexibility index (Phi) is 3.90. The summed E-state index contributed by atoms with van der Waals surface area (Å²) in [5.41, 5.74) is 6.61. The van der Waals surface area contributed by atoms with Gasteiger partial charge in [0.25, 0.3) is 0 Å². The summed E-state index contributed by atoms with van der Waals surface area (Å²) in [6.45, 7) is 0. The highest BCUT2D eigenvalue weighted by Crippen LogP contribution is 2.40. The van der Waals surface area contributed by atoms with E-state index < -0.39 is 11.6 Å². The molecule has 1 heterocycles. The van der Waals surface area contributed by atoms with Crippen LogP contribution in [0.15, 0.2) is 22.7 Å². The maximum Gasteiger partial charge on any atom is 0.175 e. The molecule has 0 bridgehead atoms. The summed E-state index contributed by atoms with van der Waals surface area (Å²) < 4.78 is 32.5. The fourth-order valence-corrected chi connectivity index (χ4v) is 3.10. The van der Waals surface area contributed by atoms with E-state index in [0.717, 1.165) is 31.7 Å². The van der Waals surface area contributed by atoms with Crippen LogP contribution in [0.2, 0.25) is 0 Å². The molecule has 1 aromatic carbocycles. The van der Waals surface area contributed by atoms with E-state index in [1.165, 1.54) is 25.0 Å². The Morgan fingerprint density at radius 3 is 2.48 bits per heavy atom. The topological polar surface area (TPSA) is 52.0 Å². The van der Waals surface area contributed by atoms with E-state index in [2.05, 4.69) is 5.16 Å². The van der Waals surface area contributed by atoms with Crippen LogP contribution in [-0.4, -0.2) is 5.16 Å². The second-order valence-electron chi connectivity index (χ2n) is 5.62. The van der Waals surface area contributed by atoms with Crippen LogP contribution in [0.3, 0.4) is 0 Å². The largest absolute Gasteiger partial charge is 0.380 e. The van der Waals surface area contributed by atoms with Gasteiger partial charge in [-0.3, -0.25) is 0 Å². The van der Waals surface area contributed by atoms with Gasteiger partial charge in [-0.2, -0.15) is 0 Å². The Morgan fingerprint density at radius 2 is 1.81 bits per heavy atom. The van der Waals surface area contributed by atoms with E-state index in [-0.39, 0.29) is 17.3 Å². The summed E-state index contributed by atoms with van der Waals surface area (Å²) >= 11 is 0. The fourth-order valence-electron chi connectivity index (χ4n) is 3.10. The van der Waals surface area contributed by atoms with Crippen molar-refractivity contribution in [3.05, 3.63) is 35.6 Å². The third-order valence-corrected chi connectivity index (χ3v) is 4.17. The lowest BCUT2D eigenvalue weighted by Gasteiger charge is -2.13. The minimum absolute atomic E-state index is 0.166. The first kappa shape index (κ1) is 14.0. The molecule has 0 spiro atoms. The average molecular weight is 292 g/mol. The highest BCUT2D eigenvalue weighted by Gasteiger charge is 2.26. The van der Waals surface area contributed by atoms with E-state index in [9.17, 15) is 8.78 Å². The van der Waals surface area contributed by atoms with Gasteiger partial charge in [-0.25, -0.2) is 8.78 Å². The van der Waals surface area contributed by atoms with Gasteiger partial charge in [0, 0.05) is 17.5 Å². The highest BCUT2D eigenvalue weighted by molar-refractivity contribution is 5.76. The average Bonchev–Trinajstić information content (AvgIpc) is 2.67. The van der Waals surface area contributed by atoms with E-state index in [0.29, 0.717) is 11.3 Å². The SMILES string of the molecule is Nc1noc(C2CCCCCC2)c1-c1ccc(F)cc1F. The Bertz CT molecular complexity index is 631. The molecule has 1 saturated carbocycles. The molecule has 3 nitrogen and oxygen atoms in total. The first-order chi connectivity index (χ1) is 10.2. The minimum atomic E-state index is -0.639. The van der Waals surface area contributed by atoms with Gasteiger partial charge in [0.1, 0.15) is 17.4 Å². The lowest BCUT2D eigenvalue weighted by atomic mass is 9.92. The van der Waals surface area contributed by atoms with Gasteiger partial charge in [0.05, 0.1) is 5.56 Å². The maximum atomic E-state index is 14.1. The number of benzene rings is 1. The quantitative estimate of drug-likeness (QED) is 0.820. The molecule has 2 aromatic rings. The zero-order valence-electron chi connectivity index (χ0n) is 11.7. The zero-order chi connectivity index (χ0) is 14.8. The maximum absolute atomic E-state index is 14.1. The summed E-state index contributed by atoms with van der Waals surface area (Å²) in [7, 11) is 0. The van der Waals surface area contributed by atoms with Crippen LogP contribution in [0.1, 0.15) is 50.2 Å². The van der Waals surface area contributed by atoms with Crippen molar-refractivity contribution in [2.45, 2.75) is 44.4 Å². The summed E-state index contributed by atoms with van der Waals surface area (Å²) in [6, 6.07) is 3.48. The molecule has 21 heavy (non-hydrogen) atoms. The van der Waals surface area contributed by atoms with Gasteiger partial charge in [-0.05, 0) is 25.0 Å². The van der Waals surface area contributed by atoms with Crippen LogP contribution < -0.4 is 5.73 Å². The number of nitrogens with zero attached hydrogens (tertiary/aromatic N) is 1. The van der Waals surface area contributed by atoms with Crippen molar-refractivity contribution in [3.63, 3.8) is 0 Å². The van der Waals surface area contributed by atoms with Crippen molar-refractivity contribution in [1.29, 1.82) is 0 Å². The third kappa shape index (κ3) is 2.77. The molecule has 3 rings (SSSR count). The molecule has 0 unspecified atom stereocenters. The first-order valence-corrected chi connectivity index (χ1v) is 7.37. The van der Waals surface area contributed by atoms with Crippen LogP contribution in [0.5, 0.6) is 0 Å². The third-order valence-electron chi connectivity index (χ3n) is 4.17. The lowest BCUT2D eigenvalue weighted by molar-refractivity contribution is 0.350. The van der Waals surface area contributed by atoms with Gasteiger partial charge in [-0.1, -0.05) is 30.8 Å². The van der Waals surface area contributed by atoms with Gasteiger partial charge in [-0.15, -0.1) is 0 Å². The molecule has 1 fully saturated rings. The summed E-state index contributed by atoms with van der Waals surface area (Å²) in [5.74, 6) is -0.238. The van der Waals surface area contributed by atoms with Gasteiger partial charge in [0.15, 0.2) is 5.82 Å². The normalized spacial score (nSPS) is 16.9. The van der Waals surface area contributed by atoms with Gasteiger partial charge < -0.3 is 10.3 Å². The molecule has 0 saturated heterocycles. The number of nitrogens with two attached hydrogens (primary N) is 1. The Hall–Kier alpha value is -1.91. The molecule has 1 aliphatic carbocycles. The summed E-state index contributed by atoms with van der Waals surface area (Å²) in [5, 5.41) is 3.80. The number of hydrogen-bond acceptors (Lipinski definition) is 3. The Morgan fingerprint density at radius 1 is 1.10 bits per heavy atom. The van der Waals surface area contributed by atoms with Crippen LogP contribution in [-0.2, 0) is 0 Å². The van der Waals surface area contributed by atoms with E-state index in [1.807, 2.05) is 0 Å². The number of rotatable bonds is 2. The standard InChI is InChI=1S/C16H18F2N2O/c17-11-7-8-12(13(18)9-11)14-15(21-20-16(14)19)10-5-3-1-2-4-6-10/h7-10H,1-6H2,(H2,19,20). The smallest absolute Gasteiger partial charge is 0.175 e. The molecule has 1 aromatic heterocycles. The molecule has 0 amide bonds. The lowest BCUT2D eigenvalue weighted by Crippen LogP contribution is -2.00. The van der Waals surface area contributed by atoms with E-state index in [1.54, 1.807) is 0 Å². The van der Waals surface area contributed by atoms with Crippen LogP contribution >= 0.6 is 0 Å². The number of aromatic nitrogens is 1. The zero-order valence-corrected chi connectivity index (χ0v) is 11.7. The van der Waals surface area contributed by atoms with Crippen molar-refractivity contribution in [2.75, 3.05) is 5.73 Å². The van der Waals surface area contributed by atoms with Crippen molar-refractivity contribution in [2.24, 2.45) is 0 Å². The second-order valence-corrected chi connectivity index (χ2v) is 5.62. The van der Waals surface area contributed by atoms with Crippen LogP contribution in [0.25, 0.3) is 11.1 Å². The van der Waals surface area contributed by atoms with Crippen LogP contribution in [0, 0.1) is 11.6 Å². The van der Waals surface area contributed by atoms with Crippen molar-refractivity contribution in [1.82, 2.24) is 5.16 Å². The van der Waals surface area contributed by atoms with Crippen molar-refractivity contribution < 1.29 is 13.3 Å². The molecule has 112 valence electrons. The predicted octanol–water partition coefficient (Wildman–Crippen LogP) is 4.64. The van der Waals surface area contributed by atoms with E-state index in [4.69, 9.17) is 10.3 Å². The molecular weight excluding hydrogens is 274 g/mol. The Balaban J connectivity index is 2.03. The van der Waals surface area contributed by atoms with Crippen molar-refractivity contribution in [3.8, 4) is 11.1 Å². The predicted molar refractivity (Wildman–Crippen MR) is 76.7 cm³/mol. The molecular formula is C16H18F2N2O. The van der Waals surface area contributed by atoms with E-state index >= 15 is 0 Å². The molecule has 0 radical (unpaired) electrons. The minimum Gasteiger partial charge on any atom is -0.380 e. The second kappa shape index (κ2) is 5.84. The monoisotopic (exact) mass is 292 g/mol. The first-order valence-electron chi connectivity index (χ1n) is 7.37. The molecule has 2 N–H and O–H groups in total. The highest BCUT2D eigenvalue weighted by atomic mass is 19.1. The number of hydrogen-bond donors (Lipinski definition) is 1. The van der Waals surface area contributed by atoms with Gasteiger partial charge >= 0.3 is 0 Å². The van der Waals surface area contributed by atoms with Crippen LogP contribution in [0.4, 0.5) is 14.6 Å². The molecule has 0 aliphatic heterocycles. The summed E-state index contributed by atoms with van der Waals surface area (Å²) in [4.78, 5) is 0. The fraction of sp³-hybridized carbons (Fsp3) is 0.438. The molecule has 1 aliphatic rings. The number of anilines is 1.